The molecule has 0 saturated heterocycles. The van der Waals surface area contributed by atoms with E-state index in [4.69, 9.17) is 0 Å². The Kier molecular flexibility index (Phi) is 3.77. The van der Waals surface area contributed by atoms with Crippen LogP contribution < -0.4 is 0 Å². The van der Waals surface area contributed by atoms with E-state index in [9.17, 15) is 23.1 Å². The molecule has 1 aliphatic heterocycles. The second-order valence-electron chi connectivity index (χ2n) is 9.62. The van der Waals surface area contributed by atoms with Gasteiger partial charge in [-0.05, 0) is 67.9 Å². The molecule has 11 heteroatoms. The Bertz CT molecular complexity index is 855. The van der Waals surface area contributed by atoms with E-state index in [1.807, 2.05) is 0 Å². The van der Waals surface area contributed by atoms with Gasteiger partial charge in [0.1, 0.15) is 0 Å². The largest absolute Gasteiger partial charge is 0.438 e. The van der Waals surface area contributed by atoms with E-state index in [2.05, 4.69) is 20.5 Å². The van der Waals surface area contributed by atoms with Gasteiger partial charge in [-0.15, -0.1) is 10.2 Å². The first-order valence-electron chi connectivity index (χ1n) is 9.94. The highest BCUT2D eigenvalue weighted by atomic mass is 19.4. The van der Waals surface area contributed by atoms with Gasteiger partial charge in [-0.3, -0.25) is 4.79 Å². The van der Waals surface area contributed by atoms with Crippen LogP contribution in [0.1, 0.15) is 58.3 Å². The number of rotatable bonds is 3. The summed E-state index contributed by atoms with van der Waals surface area (Å²) in [6, 6.07) is 0. The van der Waals surface area contributed by atoms with Crippen LogP contribution in [0.3, 0.4) is 0 Å². The van der Waals surface area contributed by atoms with E-state index in [1.54, 1.807) is 4.80 Å². The Labute approximate surface area is 165 Å². The van der Waals surface area contributed by atoms with Crippen molar-refractivity contribution in [3.8, 4) is 0 Å². The maximum Gasteiger partial charge on any atom is 0.438 e. The Balaban J connectivity index is 1.44. The van der Waals surface area contributed by atoms with Crippen LogP contribution in [0.25, 0.3) is 0 Å². The lowest BCUT2D eigenvalue weighted by Gasteiger charge is -2.61. The monoisotopic (exact) mass is 412 g/mol. The summed E-state index contributed by atoms with van der Waals surface area (Å²) < 4.78 is 40.6. The average Bonchev–Trinajstić information content (AvgIpc) is 3.21. The molecule has 158 valence electrons. The standard InChI is InChI=1S/C18H23F3N6O2/c1-11-3-17(29,18(19,20)21)26(24-11)14(28)8-15-4-12-2-13(5-15)7-16(6-12,9-15)27-23-10-22-25-27/h10,12-13,29H,2-9H2,1H3. The zero-order chi connectivity index (χ0) is 20.7. The summed E-state index contributed by atoms with van der Waals surface area (Å²) in [5, 5.41) is 26.5. The van der Waals surface area contributed by atoms with Crippen LogP contribution in [0.2, 0.25) is 0 Å². The van der Waals surface area contributed by atoms with Crippen LogP contribution in [0, 0.1) is 17.3 Å². The van der Waals surface area contributed by atoms with Crippen molar-refractivity contribution in [1.82, 2.24) is 25.2 Å². The van der Waals surface area contributed by atoms with E-state index in [0.29, 0.717) is 18.3 Å². The van der Waals surface area contributed by atoms with E-state index in [0.717, 1.165) is 32.1 Å². The average molecular weight is 412 g/mol. The summed E-state index contributed by atoms with van der Waals surface area (Å²) in [5.74, 6) is 0.00561. The number of aromatic nitrogens is 4. The van der Waals surface area contributed by atoms with E-state index in [-0.39, 0.29) is 22.7 Å². The molecule has 3 unspecified atom stereocenters. The zero-order valence-corrected chi connectivity index (χ0v) is 16.1. The van der Waals surface area contributed by atoms with Crippen molar-refractivity contribution in [3.63, 3.8) is 0 Å². The van der Waals surface area contributed by atoms with Gasteiger partial charge in [-0.25, -0.2) is 0 Å². The van der Waals surface area contributed by atoms with Crippen molar-refractivity contribution >= 4 is 11.6 Å². The molecule has 5 aliphatic rings. The van der Waals surface area contributed by atoms with Crippen LogP contribution in [-0.4, -0.2) is 53.8 Å². The smallest absolute Gasteiger partial charge is 0.362 e. The predicted octanol–water partition coefficient (Wildman–Crippen LogP) is 2.22. The lowest BCUT2D eigenvalue weighted by atomic mass is 9.46. The highest BCUT2D eigenvalue weighted by Crippen LogP contribution is 2.65. The van der Waals surface area contributed by atoms with Gasteiger partial charge in [-0.2, -0.15) is 28.1 Å². The number of amides is 1. The van der Waals surface area contributed by atoms with Crippen LogP contribution >= 0.6 is 0 Å². The first-order chi connectivity index (χ1) is 13.5. The van der Waals surface area contributed by atoms with Gasteiger partial charge >= 0.3 is 6.18 Å². The molecular formula is C18H23F3N6O2. The first kappa shape index (κ1) is 19.0. The summed E-state index contributed by atoms with van der Waals surface area (Å²) in [4.78, 5) is 14.7. The second-order valence-corrected chi connectivity index (χ2v) is 9.62. The van der Waals surface area contributed by atoms with Crippen LogP contribution in [-0.2, 0) is 10.3 Å². The Morgan fingerprint density at radius 3 is 2.55 bits per heavy atom. The van der Waals surface area contributed by atoms with Crippen molar-refractivity contribution in [2.75, 3.05) is 0 Å². The number of hydrogen-bond donors (Lipinski definition) is 1. The van der Waals surface area contributed by atoms with Crippen molar-refractivity contribution in [2.45, 2.75) is 75.7 Å². The third-order valence-corrected chi connectivity index (χ3v) is 7.26. The minimum atomic E-state index is -4.97. The molecule has 0 aromatic carbocycles. The molecule has 1 N–H and O–H groups in total. The number of hydrogen-bond acceptors (Lipinski definition) is 6. The molecule has 4 aliphatic carbocycles. The van der Waals surface area contributed by atoms with E-state index < -0.39 is 29.6 Å². The molecule has 29 heavy (non-hydrogen) atoms. The van der Waals surface area contributed by atoms with Gasteiger partial charge in [0.25, 0.3) is 5.72 Å². The minimum Gasteiger partial charge on any atom is -0.362 e. The molecule has 0 spiro atoms. The molecule has 1 amide bonds. The molecule has 4 bridgehead atoms. The van der Waals surface area contributed by atoms with Crippen molar-refractivity contribution < 1.29 is 23.1 Å². The second kappa shape index (κ2) is 5.77. The lowest BCUT2D eigenvalue weighted by molar-refractivity contribution is -0.303. The molecule has 8 nitrogen and oxygen atoms in total. The summed E-state index contributed by atoms with van der Waals surface area (Å²) >= 11 is 0. The number of carbonyl (C=O) groups excluding carboxylic acids is 1. The summed E-state index contributed by atoms with van der Waals surface area (Å²) in [5.41, 5.74) is -3.92. The topological polar surface area (TPSA) is 96.5 Å². The molecule has 1 aromatic rings. The number of halogens is 3. The SMILES string of the molecule is CC1=NN(C(=O)CC23CC4CC(C2)CC(n2ncnn2)(C4)C3)C(O)(C(F)(F)F)C1. The van der Waals surface area contributed by atoms with Crippen molar-refractivity contribution in [1.29, 1.82) is 0 Å². The van der Waals surface area contributed by atoms with Crippen LogP contribution in [0.15, 0.2) is 11.4 Å². The highest BCUT2D eigenvalue weighted by Gasteiger charge is 2.64. The minimum absolute atomic E-state index is 0.0639. The fraction of sp³-hybridized carbons (Fsp3) is 0.833. The molecule has 0 radical (unpaired) electrons. The number of carbonyl (C=O) groups is 1. The fourth-order valence-corrected chi connectivity index (χ4v) is 6.83. The van der Waals surface area contributed by atoms with Crippen molar-refractivity contribution in [2.24, 2.45) is 22.4 Å². The molecule has 1 aromatic heterocycles. The number of tetrazole rings is 1. The number of nitrogens with zero attached hydrogens (tertiary/aromatic N) is 6. The third kappa shape index (κ3) is 2.72. The van der Waals surface area contributed by atoms with Crippen molar-refractivity contribution in [3.05, 3.63) is 6.33 Å². The van der Waals surface area contributed by atoms with E-state index in [1.165, 1.54) is 13.3 Å². The van der Waals surface area contributed by atoms with Crippen LogP contribution in [0.4, 0.5) is 13.2 Å². The van der Waals surface area contributed by atoms with E-state index >= 15 is 0 Å². The third-order valence-electron chi connectivity index (χ3n) is 7.26. The highest BCUT2D eigenvalue weighted by molar-refractivity contribution is 5.89. The normalized spacial score (nSPS) is 41.1. The number of alkyl halides is 3. The number of aliphatic hydroxyl groups is 1. The van der Waals surface area contributed by atoms with Gasteiger partial charge < -0.3 is 5.11 Å². The maximum absolute atomic E-state index is 13.5. The Morgan fingerprint density at radius 2 is 1.97 bits per heavy atom. The molecule has 3 atom stereocenters. The van der Waals surface area contributed by atoms with Crippen LogP contribution in [0.5, 0.6) is 0 Å². The van der Waals surface area contributed by atoms with Gasteiger partial charge in [0, 0.05) is 18.6 Å². The molecule has 2 heterocycles. The summed E-state index contributed by atoms with van der Waals surface area (Å²) in [6.45, 7) is 1.39. The Morgan fingerprint density at radius 1 is 1.28 bits per heavy atom. The fourth-order valence-electron chi connectivity index (χ4n) is 6.83. The quantitative estimate of drug-likeness (QED) is 0.821. The predicted molar refractivity (Wildman–Crippen MR) is 93.1 cm³/mol. The molecule has 6 rings (SSSR count). The lowest BCUT2D eigenvalue weighted by Crippen LogP contribution is -2.60. The maximum atomic E-state index is 13.5. The molecule has 4 saturated carbocycles. The van der Waals surface area contributed by atoms with Gasteiger partial charge in [0.05, 0.1) is 5.54 Å². The molecular weight excluding hydrogens is 389 g/mol. The van der Waals surface area contributed by atoms with Gasteiger partial charge in [-0.1, -0.05) is 0 Å². The Hall–Kier alpha value is -2.04. The first-order valence-corrected chi connectivity index (χ1v) is 9.94. The zero-order valence-electron chi connectivity index (χ0n) is 16.1. The summed E-state index contributed by atoms with van der Waals surface area (Å²) in [6.07, 6.45) is 0.750. The summed E-state index contributed by atoms with van der Waals surface area (Å²) in [7, 11) is 0. The molecule has 4 fully saturated rings. The van der Waals surface area contributed by atoms with Gasteiger partial charge in [0.15, 0.2) is 6.33 Å². The number of hydrazone groups is 1. The van der Waals surface area contributed by atoms with Gasteiger partial charge in [0.2, 0.25) is 5.91 Å².